The molecule has 0 aliphatic rings. The zero-order valence-electron chi connectivity index (χ0n) is 13.4. The van der Waals surface area contributed by atoms with Crippen LogP contribution in [0.25, 0.3) is 11.1 Å². The highest BCUT2D eigenvalue weighted by Gasteiger charge is 2.13. The Morgan fingerprint density at radius 1 is 1.09 bits per heavy atom. The zero-order valence-corrected chi connectivity index (χ0v) is 13.4. The Kier molecular flexibility index (Phi) is 4.37. The van der Waals surface area contributed by atoms with E-state index in [0.717, 1.165) is 36.6 Å². The molecule has 0 N–H and O–H groups in total. The number of benzene rings is 1. The van der Waals surface area contributed by atoms with Gasteiger partial charge in [-0.2, -0.15) is 4.98 Å². The van der Waals surface area contributed by atoms with Crippen molar-refractivity contribution in [2.24, 2.45) is 0 Å². The maximum absolute atomic E-state index is 12.3. The van der Waals surface area contributed by atoms with E-state index in [4.69, 9.17) is 0 Å². The number of rotatable bonds is 5. The smallest absolute Gasteiger partial charge is 0.281 e. The average Bonchev–Trinajstić information content (AvgIpc) is 3.04. The van der Waals surface area contributed by atoms with Gasteiger partial charge >= 0.3 is 0 Å². The topological polar surface area (TPSA) is 52.7 Å². The van der Waals surface area contributed by atoms with E-state index in [9.17, 15) is 4.79 Å². The van der Waals surface area contributed by atoms with Gasteiger partial charge in [0.05, 0.1) is 11.9 Å². The number of nitrogens with zero attached hydrogens (tertiary/aromatic N) is 4. The summed E-state index contributed by atoms with van der Waals surface area (Å²) in [5, 5.41) is 0. The van der Waals surface area contributed by atoms with Crippen LogP contribution >= 0.6 is 0 Å². The molecular formula is C18H20N4O. The monoisotopic (exact) mass is 308 g/mol. The lowest BCUT2D eigenvalue weighted by molar-refractivity contribution is 0.537. The van der Waals surface area contributed by atoms with Crippen molar-refractivity contribution in [3.63, 3.8) is 0 Å². The van der Waals surface area contributed by atoms with Crippen molar-refractivity contribution in [3.05, 3.63) is 70.9 Å². The summed E-state index contributed by atoms with van der Waals surface area (Å²) in [4.78, 5) is 20.6. The largest absolute Gasteiger partial charge is 0.337 e. The van der Waals surface area contributed by atoms with E-state index >= 15 is 0 Å². The third-order valence-corrected chi connectivity index (χ3v) is 4.05. The van der Waals surface area contributed by atoms with Gasteiger partial charge in [0.25, 0.3) is 5.56 Å². The quantitative estimate of drug-likeness (QED) is 0.728. The summed E-state index contributed by atoms with van der Waals surface area (Å²) < 4.78 is 4.18. The number of aromatic nitrogens is 4. The summed E-state index contributed by atoms with van der Waals surface area (Å²) in [6, 6.07) is 9.74. The molecule has 1 aromatic carbocycles. The van der Waals surface area contributed by atoms with Gasteiger partial charge in [-0.05, 0) is 25.8 Å². The van der Waals surface area contributed by atoms with Crippen molar-refractivity contribution in [3.8, 4) is 11.1 Å². The molecule has 3 rings (SSSR count). The first-order chi connectivity index (χ1) is 11.2. The van der Waals surface area contributed by atoms with Crippen molar-refractivity contribution in [1.82, 2.24) is 19.1 Å². The third-order valence-electron chi connectivity index (χ3n) is 4.05. The fourth-order valence-electron chi connectivity index (χ4n) is 2.89. The van der Waals surface area contributed by atoms with Crippen LogP contribution in [0.4, 0.5) is 0 Å². The van der Waals surface area contributed by atoms with Crippen LogP contribution in [0.5, 0.6) is 0 Å². The van der Waals surface area contributed by atoms with Gasteiger partial charge in [-0.3, -0.25) is 4.79 Å². The summed E-state index contributed by atoms with van der Waals surface area (Å²) in [5.41, 5.74) is 2.43. The molecular weight excluding hydrogens is 288 g/mol. The van der Waals surface area contributed by atoms with Crippen molar-refractivity contribution in [2.75, 3.05) is 0 Å². The maximum atomic E-state index is 12.3. The van der Waals surface area contributed by atoms with E-state index in [1.54, 1.807) is 6.20 Å². The normalized spacial score (nSPS) is 10.9. The molecule has 0 saturated heterocycles. The molecule has 0 aliphatic heterocycles. The summed E-state index contributed by atoms with van der Waals surface area (Å²) >= 11 is 0. The fraction of sp³-hybridized carbons (Fsp3) is 0.278. The molecule has 0 unspecified atom stereocenters. The highest BCUT2D eigenvalue weighted by Crippen LogP contribution is 2.19. The van der Waals surface area contributed by atoms with Crippen LogP contribution in [0.2, 0.25) is 0 Å². The average molecular weight is 308 g/mol. The van der Waals surface area contributed by atoms with Crippen LogP contribution < -0.4 is 5.56 Å². The van der Waals surface area contributed by atoms with Crippen molar-refractivity contribution in [1.29, 1.82) is 0 Å². The molecule has 2 aromatic heterocycles. The second-order valence-electron chi connectivity index (χ2n) is 5.60. The lowest BCUT2D eigenvalue weighted by Crippen LogP contribution is -2.21. The Balaban J connectivity index is 1.89. The van der Waals surface area contributed by atoms with Crippen LogP contribution in [-0.4, -0.2) is 19.1 Å². The first-order valence-electron chi connectivity index (χ1n) is 7.76. The van der Waals surface area contributed by atoms with E-state index in [-0.39, 0.29) is 5.56 Å². The third kappa shape index (κ3) is 3.23. The van der Waals surface area contributed by atoms with Gasteiger partial charge in [0.2, 0.25) is 0 Å². The summed E-state index contributed by atoms with van der Waals surface area (Å²) in [6.07, 6.45) is 6.51. The van der Waals surface area contributed by atoms with E-state index in [1.165, 1.54) is 0 Å². The van der Waals surface area contributed by atoms with Crippen LogP contribution in [0.1, 0.15) is 17.9 Å². The molecule has 5 heteroatoms. The van der Waals surface area contributed by atoms with Gasteiger partial charge in [0.1, 0.15) is 5.82 Å². The van der Waals surface area contributed by atoms with Crippen LogP contribution in [-0.2, 0) is 13.1 Å². The van der Waals surface area contributed by atoms with Gasteiger partial charge in [-0.1, -0.05) is 30.3 Å². The molecule has 0 fully saturated rings. The van der Waals surface area contributed by atoms with Gasteiger partial charge in [0, 0.05) is 31.2 Å². The molecule has 118 valence electrons. The number of imidazole rings is 1. The molecule has 0 bridgehead atoms. The standard InChI is InChI=1S/C18H20N4O/c1-14-17(16-7-4-3-5-8-16)18(23)20-15(2)22(14)11-6-10-21-12-9-19-13-21/h3-5,7-9,12-13H,6,10-11H2,1-2H3. The molecule has 0 spiro atoms. The summed E-state index contributed by atoms with van der Waals surface area (Å²) in [5.74, 6) is 0.762. The van der Waals surface area contributed by atoms with Crippen LogP contribution in [0, 0.1) is 13.8 Å². The van der Waals surface area contributed by atoms with E-state index in [0.29, 0.717) is 5.56 Å². The molecule has 0 amide bonds. The number of hydrogen-bond donors (Lipinski definition) is 0. The fourth-order valence-corrected chi connectivity index (χ4v) is 2.89. The molecule has 5 nitrogen and oxygen atoms in total. The Bertz CT molecular complexity index is 835. The minimum atomic E-state index is -0.156. The first-order valence-corrected chi connectivity index (χ1v) is 7.76. The zero-order chi connectivity index (χ0) is 16.2. The number of hydrogen-bond acceptors (Lipinski definition) is 3. The highest BCUT2D eigenvalue weighted by molar-refractivity contribution is 5.64. The van der Waals surface area contributed by atoms with E-state index in [2.05, 4.69) is 19.1 Å². The van der Waals surface area contributed by atoms with Crippen molar-refractivity contribution >= 4 is 0 Å². The molecule has 23 heavy (non-hydrogen) atoms. The first kappa shape index (κ1) is 15.2. The van der Waals surface area contributed by atoms with Crippen LogP contribution in [0.3, 0.4) is 0 Å². The lowest BCUT2D eigenvalue weighted by Gasteiger charge is -2.17. The predicted octanol–water partition coefficient (Wildman–Crippen LogP) is 2.81. The minimum Gasteiger partial charge on any atom is -0.337 e. The van der Waals surface area contributed by atoms with Gasteiger partial charge in [-0.15, -0.1) is 0 Å². The van der Waals surface area contributed by atoms with E-state index in [1.807, 2.05) is 56.7 Å². The number of aryl methyl sites for hydroxylation is 2. The van der Waals surface area contributed by atoms with Crippen molar-refractivity contribution < 1.29 is 0 Å². The van der Waals surface area contributed by atoms with Crippen molar-refractivity contribution in [2.45, 2.75) is 33.4 Å². The summed E-state index contributed by atoms with van der Waals surface area (Å²) in [6.45, 7) is 5.60. The SMILES string of the molecule is Cc1nc(=O)c(-c2ccccc2)c(C)n1CCCn1ccnc1. The predicted molar refractivity (Wildman–Crippen MR) is 90.3 cm³/mol. The Labute approximate surface area is 135 Å². The van der Waals surface area contributed by atoms with Crippen LogP contribution in [0.15, 0.2) is 53.8 Å². The highest BCUT2D eigenvalue weighted by atomic mass is 16.1. The Hall–Kier alpha value is -2.69. The van der Waals surface area contributed by atoms with Gasteiger partial charge in [0.15, 0.2) is 0 Å². The molecule has 0 radical (unpaired) electrons. The Morgan fingerprint density at radius 3 is 2.57 bits per heavy atom. The molecule has 3 aromatic rings. The van der Waals surface area contributed by atoms with Gasteiger partial charge in [-0.25, -0.2) is 4.98 Å². The lowest BCUT2D eigenvalue weighted by atomic mass is 10.1. The molecule has 0 aliphatic carbocycles. The van der Waals surface area contributed by atoms with E-state index < -0.39 is 0 Å². The summed E-state index contributed by atoms with van der Waals surface area (Å²) in [7, 11) is 0. The molecule has 2 heterocycles. The second-order valence-corrected chi connectivity index (χ2v) is 5.60. The molecule has 0 saturated carbocycles. The second kappa shape index (κ2) is 6.60. The van der Waals surface area contributed by atoms with Gasteiger partial charge < -0.3 is 9.13 Å². The minimum absolute atomic E-state index is 0.156. The Morgan fingerprint density at radius 2 is 1.87 bits per heavy atom. The maximum Gasteiger partial charge on any atom is 0.281 e. The molecule has 0 atom stereocenters.